The van der Waals surface area contributed by atoms with Gasteiger partial charge < -0.3 is 15.2 Å². The zero-order valence-corrected chi connectivity index (χ0v) is 23.7. The van der Waals surface area contributed by atoms with Crippen molar-refractivity contribution in [3.63, 3.8) is 0 Å². The summed E-state index contributed by atoms with van der Waals surface area (Å²) in [4.78, 5) is 54.0. The Bertz CT molecular complexity index is 1700. The first kappa shape index (κ1) is 29.9. The molecule has 10 nitrogen and oxygen atoms in total. The number of carbonyl (C=O) groups excluding carboxylic acids is 2. The van der Waals surface area contributed by atoms with Gasteiger partial charge in [0.15, 0.2) is 5.78 Å². The monoisotopic (exact) mass is 597 g/mol. The molecule has 2 amide bonds. The molecule has 4 atom stereocenters. The number of nitro benzene ring substituents is 1. The second kappa shape index (κ2) is 12.0. The third-order valence-corrected chi connectivity index (χ3v) is 8.11. The first-order chi connectivity index (χ1) is 21.1. The maximum atomic E-state index is 14.5. The Labute approximate surface area is 251 Å². The van der Waals surface area contributed by atoms with E-state index in [0.717, 1.165) is 17.0 Å². The summed E-state index contributed by atoms with van der Waals surface area (Å²) in [5.74, 6) is -4.13. The van der Waals surface area contributed by atoms with Crippen LogP contribution in [0.3, 0.4) is 0 Å². The van der Waals surface area contributed by atoms with Gasteiger partial charge in [-0.15, -0.1) is 0 Å². The number of carbonyl (C=O) groups is 3. The van der Waals surface area contributed by atoms with Crippen molar-refractivity contribution in [1.29, 1.82) is 0 Å². The van der Waals surface area contributed by atoms with Crippen molar-refractivity contribution < 1.29 is 33.5 Å². The number of ether oxygens (including phenoxy) is 1. The SMILES string of the molecule is COc1ccc(C2C(C(=O)c3ccccc3)C(c3ccc([N+](=O)[O-])cc3)C(C)(C(=O)O)N2C(=O)Nc2ccc(F)cc2)cc1. The molecule has 1 heterocycles. The van der Waals surface area contributed by atoms with Crippen molar-refractivity contribution in [2.45, 2.75) is 24.4 Å². The highest BCUT2D eigenvalue weighted by Gasteiger charge is 2.65. The average Bonchev–Trinajstić information content (AvgIpc) is 3.32. The van der Waals surface area contributed by atoms with Gasteiger partial charge in [-0.2, -0.15) is 0 Å². The van der Waals surface area contributed by atoms with Crippen LogP contribution in [0.4, 0.5) is 20.6 Å². The number of benzene rings is 4. The number of aliphatic carboxylic acids is 1. The molecule has 1 saturated heterocycles. The van der Waals surface area contributed by atoms with Crippen molar-refractivity contribution in [1.82, 2.24) is 4.90 Å². The van der Waals surface area contributed by atoms with Crippen LogP contribution >= 0.6 is 0 Å². The number of Topliss-reactive ketones (excluding diaryl/α,β-unsaturated/α-hetero) is 1. The summed E-state index contributed by atoms with van der Waals surface area (Å²) in [7, 11) is 1.49. The molecule has 11 heteroatoms. The predicted molar refractivity (Wildman–Crippen MR) is 159 cm³/mol. The van der Waals surface area contributed by atoms with E-state index in [4.69, 9.17) is 4.74 Å². The molecule has 2 N–H and O–H groups in total. The number of nitro groups is 1. The van der Waals surface area contributed by atoms with Gasteiger partial charge >= 0.3 is 12.0 Å². The van der Waals surface area contributed by atoms with Crippen LogP contribution in [0.15, 0.2) is 103 Å². The number of carboxylic acids is 1. The average molecular weight is 598 g/mol. The van der Waals surface area contributed by atoms with E-state index in [1.54, 1.807) is 54.6 Å². The van der Waals surface area contributed by atoms with E-state index in [9.17, 15) is 34.0 Å². The number of ketones is 1. The van der Waals surface area contributed by atoms with Gasteiger partial charge in [0.25, 0.3) is 5.69 Å². The standard InChI is InChI=1S/C33H28FN3O7/c1-33(31(39)40)28(20-8-16-25(17-9-20)37(42)43)27(30(38)22-6-4-3-5-7-22)29(21-10-18-26(44-2)19-11-21)36(33)32(41)35-24-14-12-23(34)13-15-24/h3-19,27-29H,1-2H3,(H,35,41)(H,39,40). The van der Waals surface area contributed by atoms with E-state index in [2.05, 4.69) is 5.32 Å². The predicted octanol–water partition coefficient (Wildman–Crippen LogP) is 6.46. The highest BCUT2D eigenvalue weighted by molar-refractivity contribution is 6.03. The van der Waals surface area contributed by atoms with Gasteiger partial charge in [0, 0.05) is 29.3 Å². The Hall–Kier alpha value is -5.58. The molecule has 44 heavy (non-hydrogen) atoms. The topological polar surface area (TPSA) is 139 Å². The molecule has 0 spiro atoms. The van der Waals surface area contributed by atoms with Crippen LogP contribution in [0.2, 0.25) is 0 Å². The Morgan fingerprint density at radius 2 is 1.50 bits per heavy atom. The van der Waals surface area contributed by atoms with E-state index in [1.165, 1.54) is 50.4 Å². The lowest BCUT2D eigenvalue weighted by atomic mass is 9.71. The lowest BCUT2D eigenvalue weighted by Gasteiger charge is -2.37. The summed E-state index contributed by atoms with van der Waals surface area (Å²) in [6, 6.07) is 23.3. The molecule has 4 unspecified atom stereocenters. The van der Waals surface area contributed by atoms with Crippen molar-refractivity contribution in [2.75, 3.05) is 12.4 Å². The van der Waals surface area contributed by atoms with Crippen LogP contribution in [0.5, 0.6) is 5.75 Å². The molecule has 0 aromatic heterocycles. The number of carboxylic acid groups (broad SMARTS) is 1. The molecule has 1 aliphatic rings. The summed E-state index contributed by atoms with van der Waals surface area (Å²) >= 11 is 0. The van der Waals surface area contributed by atoms with E-state index in [0.29, 0.717) is 22.4 Å². The second-order valence-electron chi connectivity index (χ2n) is 10.6. The summed E-state index contributed by atoms with van der Waals surface area (Å²) in [5.41, 5.74) is -0.956. The van der Waals surface area contributed by atoms with Gasteiger partial charge in [-0.05, 0) is 54.4 Å². The van der Waals surface area contributed by atoms with E-state index < -0.39 is 51.9 Å². The maximum Gasteiger partial charge on any atom is 0.330 e. The fraction of sp³-hybridized carbons (Fsp3) is 0.182. The number of nitrogens with zero attached hydrogens (tertiary/aromatic N) is 2. The molecule has 1 fully saturated rings. The Morgan fingerprint density at radius 3 is 2.05 bits per heavy atom. The van der Waals surface area contributed by atoms with Crippen LogP contribution in [0.1, 0.15) is 40.4 Å². The lowest BCUT2D eigenvalue weighted by molar-refractivity contribution is -0.384. The fourth-order valence-electron chi connectivity index (χ4n) is 6.00. The molecule has 0 aliphatic carbocycles. The number of anilines is 1. The van der Waals surface area contributed by atoms with Crippen LogP contribution < -0.4 is 10.1 Å². The van der Waals surface area contributed by atoms with Gasteiger partial charge in [-0.3, -0.25) is 19.8 Å². The fourth-order valence-corrected chi connectivity index (χ4v) is 6.00. The molecule has 224 valence electrons. The maximum absolute atomic E-state index is 14.5. The number of nitrogens with one attached hydrogen (secondary N) is 1. The summed E-state index contributed by atoms with van der Waals surface area (Å²) in [6.45, 7) is 1.36. The van der Waals surface area contributed by atoms with Gasteiger partial charge in [-0.1, -0.05) is 54.6 Å². The smallest absolute Gasteiger partial charge is 0.330 e. The second-order valence-corrected chi connectivity index (χ2v) is 10.6. The van der Waals surface area contributed by atoms with Crippen molar-refractivity contribution in [3.05, 3.63) is 136 Å². The number of urea groups is 1. The highest BCUT2D eigenvalue weighted by atomic mass is 19.1. The first-order valence-electron chi connectivity index (χ1n) is 13.6. The first-order valence-corrected chi connectivity index (χ1v) is 13.6. The molecular formula is C33H28FN3O7. The summed E-state index contributed by atoms with van der Waals surface area (Å²) < 4.78 is 18.9. The lowest BCUT2D eigenvalue weighted by Crippen LogP contribution is -2.55. The molecule has 4 aromatic rings. The number of rotatable bonds is 8. The van der Waals surface area contributed by atoms with Crippen LogP contribution in [0.25, 0.3) is 0 Å². The number of methoxy groups -OCH3 is 1. The van der Waals surface area contributed by atoms with E-state index in [1.807, 2.05) is 0 Å². The van der Waals surface area contributed by atoms with E-state index in [-0.39, 0.29) is 11.4 Å². The number of non-ortho nitro benzene ring substituents is 1. The highest BCUT2D eigenvalue weighted by Crippen LogP contribution is 2.57. The zero-order valence-electron chi connectivity index (χ0n) is 23.7. The molecule has 1 aliphatic heterocycles. The molecule has 0 radical (unpaired) electrons. The third-order valence-electron chi connectivity index (χ3n) is 8.11. The van der Waals surface area contributed by atoms with Gasteiger partial charge in [0.1, 0.15) is 17.1 Å². The molecule has 5 rings (SSSR count). The minimum Gasteiger partial charge on any atom is -0.497 e. The van der Waals surface area contributed by atoms with Gasteiger partial charge in [0.05, 0.1) is 24.0 Å². The number of hydrogen-bond acceptors (Lipinski definition) is 6. The Kier molecular flexibility index (Phi) is 8.13. The minimum atomic E-state index is -2.04. The van der Waals surface area contributed by atoms with Crippen molar-refractivity contribution >= 4 is 29.2 Å². The van der Waals surface area contributed by atoms with E-state index >= 15 is 0 Å². The number of amides is 2. The molecular weight excluding hydrogens is 569 g/mol. The van der Waals surface area contributed by atoms with Gasteiger partial charge in [0.2, 0.25) is 0 Å². The Balaban J connectivity index is 1.76. The quantitative estimate of drug-likeness (QED) is 0.135. The van der Waals surface area contributed by atoms with Gasteiger partial charge in [-0.25, -0.2) is 14.0 Å². The van der Waals surface area contributed by atoms with Crippen LogP contribution in [0, 0.1) is 21.8 Å². The summed E-state index contributed by atoms with van der Waals surface area (Å²) in [6.07, 6.45) is 0. The van der Waals surface area contributed by atoms with Crippen LogP contribution in [-0.2, 0) is 4.79 Å². The molecule has 4 aromatic carbocycles. The number of hydrogen-bond donors (Lipinski definition) is 2. The third kappa shape index (κ3) is 5.35. The zero-order chi connectivity index (χ0) is 31.6. The van der Waals surface area contributed by atoms with Crippen molar-refractivity contribution in [2.24, 2.45) is 5.92 Å². The summed E-state index contributed by atoms with van der Waals surface area (Å²) in [5, 5.41) is 25.0. The molecule has 0 saturated carbocycles. The number of likely N-dealkylation sites (tertiary alicyclic amines) is 1. The molecule has 0 bridgehead atoms. The van der Waals surface area contributed by atoms with Crippen molar-refractivity contribution in [3.8, 4) is 5.75 Å². The minimum absolute atomic E-state index is 0.211. The number of halogens is 1. The van der Waals surface area contributed by atoms with Crippen LogP contribution in [-0.4, -0.2) is 45.4 Å². The largest absolute Gasteiger partial charge is 0.497 e. The Morgan fingerprint density at radius 1 is 0.909 bits per heavy atom. The normalized spacial score (nSPS) is 21.0.